The van der Waals surface area contributed by atoms with E-state index in [-0.39, 0.29) is 12.6 Å². The standard InChI is InChI=1S/C7H10O2.CO2/c1-2-3-4-5-6-7(8)9;2-1-3/h2-4H,1,5-6H2,(H,8,9);. The first-order valence-electron chi connectivity index (χ1n) is 3.17. The second-order valence-corrected chi connectivity index (χ2v) is 1.68. The van der Waals surface area contributed by atoms with Gasteiger partial charge in [0, 0.05) is 6.42 Å². The molecule has 0 aliphatic heterocycles. The summed E-state index contributed by atoms with van der Waals surface area (Å²) >= 11 is 0. The number of carbonyl (C=O) groups is 1. The fraction of sp³-hybridized carbons (Fsp3) is 0.250. The van der Waals surface area contributed by atoms with Crippen LogP contribution in [-0.2, 0) is 14.4 Å². The largest absolute Gasteiger partial charge is 0.481 e. The van der Waals surface area contributed by atoms with Gasteiger partial charge in [0.05, 0.1) is 0 Å². The summed E-state index contributed by atoms with van der Waals surface area (Å²) in [5.41, 5.74) is 0. The molecular formula is C8H10O4. The van der Waals surface area contributed by atoms with Crippen molar-refractivity contribution in [3.8, 4) is 0 Å². The summed E-state index contributed by atoms with van der Waals surface area (Å²) in [4.78, 5) is 26.2. The fourth-order valence-corrected chi connectivity index (χ4v) is 0.399. The number of hydrogen-bond donors (Lipinski definition) is 1. The molecule has 1 N–H and O–H groups in total. The van der Waals surface area contributed by atoms with Crippen LogP contribution < -0.4 is 0 Å². The van der Waals surface area contributed by atoms with E-state index in [4.69, 9.17) is 14.7 Å². The van der Waals surface area contributed by atoms with Crippen LogP contribution >= 0.6 is 0 Å². The highest BCUT2D eigenvalue weighted by Gasteiger charge is 1.89. The summed E-state index contributed by atoms with van der Waals surface area (Å²) in [6.45, 7) is 3.44. The smallest absolute Gasteiger partial charge is 0.373 e. The molecule has 0 aliphatic rings. The highest BCUT2D eigenvalue weighted by Crippen LogP contribution is 1.89. The van der Waals surface area contributed by atoms with Gasteiger partial charge < -0.3 is 5.11 Å². The third-order valence-electron chi connectivity index (χ3n) is 0.797. The molecule has 4 heteroatoms. The fourth-order valence-electron chi connectivity index (χ4n) is 0.399. The molecule has 0 atom stereocenters. The Hall–Kier alpha value is -1.67. The summed E-state index contributed by atoms with van der Waals surface area (Å²) in [6.07, 6.45) is 6.18. The lowest BCUT2D eigenvalue weighted by atomic mass is 10.3. The molecule has 0 amide bonds. The molecule has 0 aliphatic carbocycles. The van der Waals surface area contributed by atoms with Crippen LogP contribution in [0, 0.1) is 0 Å². The van der Waals surface area contributed by atoms with Gasteiger partial charge in [-0.25, -0.2) is 0 Å². The van der Waals surface area contributed by atoms with E-state index in [0.29, 0.717) is 6.42 Å². The number of allylic oxidation sites excluding steroid dienone is 3. The highest BCUT2D eigenvalue weighted by atomic mass is 16.4. The van der Waals surface area contributed by atoms with Crippen molar-refractivity contribution in [3.63, 3.8) is 0 Å². The second kappa shape index (κ2) is 12.0. The van der Waals surface area contributed by atoms with Gasteiger partial charge in [-0.2, -0.15) is 9.59 Å². The lowest BCUT2D eigenvalue weighted by Gasteiger charge is -1.83. The number of carboxylic acid groups (broad SMARTS) is 1. The van der Waals surface area contributed by atoms with Gasteiger partial charge in [-0.1, -0.05) is 24.8 Å². The van der Waals surface area contributed by atoms with Gasteiger partial charge in [0.25, 0.3) is 0 Å². The molecule has 0 aromatic heterocycles. The maximum atomic E-state index is 9.90. The molecule has 66 valence electrons. The SMILES string of the molecule is C=CC=CCCC(=O)O.O=C=O. The first-order chi connectivity index (χ1) is 5.68. The molecule has 0 rings (SSSR count). The van der Waals surface area contributed by atoms with E-state index in [0.717, 1.165) is 0 Å². The van der Waals surface area contributed by atoms with E-state index in [1.165, 1.54) is 0 Å². The molecule has 0 radical (unpaired) electrons. The molecule has 12 heavy (non-hydrogen) atoms. The number of carbonyl (C=O) groups excluding carboxylic acids is 2. The van der Waals surface area contributed by atoms with Crippen LogP contribution in [0.1, 0.15) is 12.8 Å². The van der Waals surface area contributed by atoms with Crippen LogP contribution in [0.25, 0.3) is 0 Å². The molecule has 0 spiro atoms. The summed E-state index contributed by atoms with van der Waals surface area (Å²) in [7, 11) is 0. The second-order valence-electron chi connectivity index (χ2n) is 1.68. The zero-order valence-corrected chi connectivity index (χ0v) is 6.53. The van der Waals surface area contributed by atoms with Crippen LogP contribution in [0.3, 0.4) is 0 Å². The summed E-state index contributed by atoms with van der Waals surface area (Å²) in [5.74, 6) is -0.760. The molecule has 0 aromatic carbocycles. The third-order valence-corrected chi connectivity index (χ3v) is 0.797. The van der Waals surface area contributed by atoms with Crippen LogP contribution in [0.2, 0.25) is 0 Å². The molecule has 0 heterocycles. The van der Waals surface area contributed by atoms with Gasteiger partial charge >= 0.3 is 12.1 Å². The van der Waals surface area contributed by atoms with Crippen molar-refractivity contribution in [2.24, 2.45) is 0 Å². The summed E-state index contributed by atoms with van der Waals surface area (Å²) in [6, 6.07) is 0. The van der Waals surface area contributed by atoms with Gasteiger partial charge in [0.15, 0.2) is 0 Å². The Morgan fingerprint density at radius 1 is 1.50 bits per heavy atom. The third kappa shape index (κ3) is 23.9. The normalized spacial score (nSPS) is 8.00. The minimum Gasteiger partial charge on any atom is -0.481 e. The van der Waals surface area contributed by atoms with E-state index < -0.39 is 5.97 Å². The lowest BCUT2D eigenvalue weighted by molar-refractivity contribution is -0.191. The Kier molecular flexibility index (Phi) is 13.0. The Balaban J connectivity index is 0. The highest BCUT2D eigenvalue weighted by molar-refractivity contribution is 5.66. The number of hydrogen-bond acceptors (Lipinski definition) is 3. The summed E-state index contributed by atoms with van der Waals surface area (Å²) in [5, 5.41) is 8.15. The van der Waals surface area contributed by atoms with Gasteiger partial charge in [0.2, 0.25) is 0 Å². The quantitative estimate of drug-likeness (QED) is 0.639. The maximum Gasteiger partial charge on any atom is 0.373 e. The van der Waals surface area contributed by atoms with Gasteiger partial charge in [0.1, 0.15) is 0 Å². The molecule has 4 nitrogen and oxygen atoms in total. The summed E-state index contributed by atoms with van der Waals surface area (Å²) < 4.78 is 0. The van der Waals surface area contributed by atoms with Crippen molar-refractivity contribution in [2.75, 3.05) is 0 Å². The Bertz CT molecular complexity index is 187. The van der Waals surface area contributed by atoms with E-state index in [1.807, 2.05) is 0 Å². The molecule has 0 fully saturated rings. The first kappa shape index (κ1) is 13.0. The lowest BCUT2D eigenvalue weighted by Crippen LogP contribution is -1.91. The van der Waals surface area contributed by atoms with E-state index in [9.17, 15) is 4.79 Å². The van der Waals surface area contributed by atoms with Crippen molar-refractivity contribution >= 4 is 12.1 Å². The first-order valence-corrected chi connectivity index (χ1v) is 3.17. The average molecular weight is 170 g/mol. The Morgan fingerprint density at radius 2 is 2.00 bits per heavy atom. The molecule has 0 unspecified atom stereocenters. The zero-order valence-electron chi connectivity index (χ0n) is 6.53. The van der Waals surface area contributed by atoms with Crippen LogP contribution in [-0.4, -0.2) is 17.2 Å². The zero-order chi connectivity index (χ0) is 9.82. The van der Waals surface area contributed by atoms with Gasteiger partial charge in [-0.05, 0) is 6.42 Å². The van der Waals surface area contributed by atoms with Crippen molar-refractivity contribution in [3.05, 3.63) is 24.8 Å². The van der Waals surface area contributed by atoms with E-state index in [2.05, 4.69) is 6.58 Å². The Labute approximate surface area is 70.2 Å². The predicted octanol–water partition coefficient (Wildman–Crippen LogP) is 1.01. The van der Waals surface area contributed by atoms with E-state index in [1.54, 1.807) is 18.2 Å². The predicted molar refractivity (Wildman–Crippen MR) is 41.2 cm³/mol. The molecule has 0 aromatic rings. The van der Waals surface area contributed by atoms with Crippen molar-refractivity contribution in [2.45, 2.75) is 12.8 Å². The monoisotopic (exact) mass is 170 g/mol. The van der Waals surface area contributed by atoms with Gasteiger partial charge in [-0.3, -0.25) is 4.79 Å². The van der Waals surface area contributed by atoms with Crippen LogP contribution in [0.5, 0.6) is 0 Å². The number of carboxylic acids is 1. The average Bonchev–Trinajstić information content (AvgIpc) is 1.99. The Morgan fingerprint density at radius 3 is 2.33 bits per heavy atom. The van der Waals surface area contributed by atoms with Crippen molar-refractivity contribution < 1.29 is 19.5 Å². The molecule has 0 saturated heterocycles. The van der Waals surface area contributed by atoms with Crippen LogP contribution in [0.4, 0.5) is 0 Å². The van der Waals surface area contributed by atoms with Gasteiger partial charge in [-0.15, -0.1) is 0 Å². The topological polar surface area (TPSA) is 71.4 Å². The maximum absolute atomic E-state index is 9.90. The minimum absolute atomic E-state index is 0.199. The van der Waals surface area contributed by atoms with E-state index >= 15 is 0 Å². The number of aliphatic carboxylic acids is 1. The molecule has 0 bridgehead atoms. The van der Waals surface area contributed by atoms with Crippen molar-refractivity contribution in [1.29, 1.82) is 0 Å². The van der Waals surface area contributed by atoms with Crippen LogP contribution in [0.15, 0.2) is 24.8 Å². The number of rotatable bonds is 4. The molecule has 0 saturated carbocycles. The van der Waals surface area contributed by atoms with Crippen molar-refractivity contribution in [1.82, 2.24) is 0 Å². The molecular weight excluding hydrogens is 160 g/mol. The minimum atomic E-state index is -0.760.